The molecule has 84 valence electrons. The van der Waals surface area contributed by atoms with Crippen LogP contribution in [0.4, 0.5) is 4.39 Å². The highest BCUT2D eigenvalue weighted by Crippen LogP contribution is 2.15. The standard InChI is InChI=1S/C11H15ClFNO/c1-8(15)4-5-14-7-9-2-3-10(12)11(13)6-9/h2-3,6,8,14-15H,4-5,7H2,1H3/t8-/m1/s1. The molecule has 0 aromatic heterocycles. The fourth-order valence-electron chi connectivity index (χ4n) is 1.19. The Balaban J connectivity index is 2.35. The number of aliphatic hydroxyl groups excluding tert-OH is 1. The van der Waals surface area contributed by atoms with Crippen molar-refractivity contribution in [2.24, 2.45) is 0 Å². The highest BCUT2D eigenvalue weighted by Gasteiger charge is 2.01. The van der Waals surface area contributed by atoms with Crippen molar-refractivity contribution in [2.45, 2.75) is 26.0 Å². The number of hydrogen-bond acceptors (Lipinski definition) is 2. The molecule has 0 aliphatic heterocycles. The van der Waals surface area contributed by atoms with Crippen LogP contribution in [0.1, 0.15) is 18.9 Å². The van der Waals surface area contributed by atoms with Gasteiger partial charge in [0.1, 0.15) is 5.82 Å². The summed E-state index contributed by atoms with van der Waals surface area (Å²) in [5.41, 5.74) is 0.850. The first-order chi connectivity index (χ1) is 7.09. The van der Waals surface area contributed by atoms with Gasteiger partial charge in [0.25, 0.3) is 0 Å². The van der Waals surface area contributed by atoms with Crippen molar-refractivity contribution in [2.75, 3.05) is 6.54 Å². The van der Waals surface area contributed by atoms with E-state index >= 15 is 0 Å². The van der Waals surface area contributed by atoms with Gasteiger partial charge in [-0.25, -0.2) is 4.39 Å². The molecule has 0 unspecified atom stereocenters. The Morgan fingerprint density at radius 3 is 2.87 bits per heavy atom. The largest absolute Gasteiger partial charge is 0.393 e. The van der Waals surface area contributed by atoms with E-state index in [1.807, 2.05) is 0 Å². The molecule has 0 radical (unpaired) electrons. The van der Waals surface area contributed by atoms with Crippen LogP contribution in [0, 0.1) is 5.82 Å². The van der Waals surface area contributed by atoms with E-state index < -0.39 is 5.82 Å². The maximum Gasteiger partial charge on any atom is 0.142 e. The second-order valence-electron chi connectivity index (χ2n) is 3.56. The number of hydrogen-bond donors (Lipinski definition) is 2. The third-order valence-electron chi connectivity index (χ3n) is 2.05. The first-order valence-corrected chi connectivity index (χ1v) is 5.30. The van der Waals surface area contributed by atoms with E-state index in [-0.39, 0.29) is 11.1 Å². The third-order valence-corrected chi connectivity index (χ3v) is 2.36. The summed E-state index contributed by atoms with van der Waals surface area (Å²) in [4.78, 5) is 0. The van der Waals surface area contributed by atoms with E-state index in [0.717, 1.165) is 5.56 Å². The molecule has 0 amide bonds. The predicted octanol–water partition coefficient (Wildman–Crippen LogP) is 2.34. The Bertz CT molecular complexity index is 317. The van der Waals surface area contributed by atoms with Gasteiger partial charge in [0, 0.05) is 6.54 Å². The maximum absolute atomic E-state index is 13.0. The smallest absolute Gasteiger partial charge is 0.142 e. The fourth-order valence-corrected chi connectivity index (χ4v) is 1.31. The topological polar surface area (TPSA) is 32.3 Å². The van der Waals surface area contributed by atoms with E-state index in [1.165, 1.54) is 6.07 Å². The van der Waals surface area contributed by atoms with E-state index in [0.29, 0.717) is 19.5 Å². The first-order valence-electron chi connectivity index (χ1n) is 4.92. The van der Waals surface area contributed by atoms with Crippen molar-refractivity contribution < 1.29 is 9.50 Å². The Morgan fingerprint density at radius 1 is 1.53 bits per heavy atom. The summed E-state index contributed by atoms with van der Waals surface area (Å²) in [6.45, 7) is 3.03. The van der Waals surface area contributed by atoms with E-state index in [9.17, 15) is 4.39 Å². The van der Waals surface area contributed by atoms with Crippen LogP contribution in [-0.2, 0) is 6.54 Å². The summed E-state index contributed by atoms with van der Waals surface area (Å²) in [5, 5.41) is 12.3. The molecule has 0 saturated carbocycles. The molecule has 0 heterocycles. The lowest BCUT2D eigenvalue weighted by molar-refractivity contribution is 0.183. The molecule has 1 aromatic carbocycles. The minimum absolute atomic E-state index is 0.141. The molecule has 1 rings (SSSR count). The molecule has 0 aliphatic rings. The minimum atomic E-state index is -0.397. The second-order valence-corrected chi connectivity index (χ2v) is 3.97. The van der Waals surface area contributed by atoms with Gasteiger partial charge in [-0.1, -0.05) is 17.7 Å². The molecule has 2 N–H and O–H groups in total. The van der Waals surface area contributed by atoms with Gasteiger partial charge in [-0.3, -0.25) is 0 Å². The van der Waals surface area contributed by atoms with Crippen LogP contribution in [0.3, 0.4) is 0 Å². The molecular weight excluding hydrogens is 217 g/mol. The van der Waals surface area contributed by atoms with Gasteiger partial charge < -0.3 is 10.4 Å². The highest BCUT2D eigenvalue weighted by molar-refractivity contribution is 6.30. The van der Waals surface area contributed by atoms with Crippen molar-refractivity contribution in [3.05, 3.63) is 34.6 Å². The van der Waals surface area contributed by atoms with Gasteiger partial charge in [0.15, 0.2) is 0 Å². The normalized spacial score (nSPS) is 12.8. The number of benzene rings is 1. The monoisotopic (exact) mass is 231 g/mol. The van der Waals surface area contributed by atoms with Gasteiger partial charge in [0.05, 0.1) is 11.1 Å². The number of rotatable bonds is 5. The quantitative estimate of drug-likeness (QED) is 0.763. The van der Waals surface area contributed by atoms with Gasteiger partial charge in [0.2, 0.25) is 0 Å². The van der Waals surface area contributed by atoms with Crippen molar-refractivity contribution >= 4 is 11.6 Å². The van der Waals surface area contributed by atoms with Gasteiger partial charge in [-0.2, -0.15) is 0 Å². The highest BCUT2D eigenvalue weighted by atomic mass is 35.5. The molecule has 0 fully saturated rings. The van der Waals surface area contributed by atoms with Crippen molar-refractivity contribution in [3.8, 4) is 0 Å². The molecule has 1 aromatic rings. The summed E-state index contributed by atoms with van der Waals surface area (Å²) < 4.78 is 13.0. The van der Waals surface area contributed by atoms with Gasteiger partial charge >= 0.3 is 0 Å². The summed E-state index contributed by atoms with van der Waals surface area (Å²) in [7, 11) is 0. The lowest BCUT2D eigenvalue weighted by Gasteiger charge is -2.06. The molecule has 4 heteroatoms. The lowest BCUT2D eigenvalue weighted by Crippen LogP contribution is -2.18. The molecule has 15 heavy (non-hydrogen) atoms. The molecule has 2 nitrogen and oxygen atoms in total. The Morgan fingerprint density at radius 2 is 2.27 bits per heavy atom. The summed E-state index contributed by atoms with van der Waals surface area (Å²) in [6.07, 6.45) is 0.384. The first kappa shape index (κ1) is 12.4. The summed E-state index contributed by atoms with van der Waals surface area (Å²) in [6, 6.07) is 4.74. The Kier molecular flexibility index (Phi) is 5.02. The molecule has 0 aliphatic carbocycles. The van der Waals surface area contributed by atoms with Crippen LogP contribution >= 0.6 is 11.6 Å². The number of nitrogens with one attached hydrogen (secondary N) is 1. The van der Waals surface area contributed by atoms with E-state index in [2.05, 4.69) is 5.32 Å². The molecule has 1 atom stereocenters. The molecular formula is C11H15ClFNO. The average Bonchev–Trinajstić information content (AvgIpc) is 2.18. The van der Waals surface area contributed by atoms with Crippen molar-refractivity contribution in [3.63, 3.8) is 0 Å². The minimum Gasteiger partial charge on any atom is -0.393 e. The molecule has 0 bridgehead atoms. The summed E-state index contributed by atoms with van der Waals surface area (Å²) in [5.74, 6) is -0.397. The van der Waals surface area contributed by atoms with Gasteiger partial charge in [-0.05, 0) is 37.6 Å². The van der Waals surface area contributed by atoms with Crippen LogP contribution in [0.2, 0.25) is 5.02 Å². The Hall–Kier alpha value is -0.640. The SMILES string of the molecule is C[C@@H](O)CCNCc1ccc(Cl)c(F)c1. The zero-order valence-electron chi connectivity index (χ0n) is 8.63. The van der Waals surface area contributed by atoms with Crippen molar-refractivity contribution in [1.29, 1.82) is 0 Å². The number of aliphatic hydroxyl groups is 1. The van der Waals surface area contributed by atoms with Crippen LogP contribution in [-0.4, -0.2) is 17.8 Å². The maximum atomic E-state index is 13.0. The van der Waals surface area contributed by atoms with E-state index in [1.54, 1.807) is 19.1 Å². The van der Waals surface area contributed by atoms with Crippen LogP contribution < -0.4 is 5.32 Å². The van der Waals surface area contributed by atoms with Crippen molar-refractivity contribution in [1.82, 2.24) is 5.32 Å². The molecule has 0 saturated heterocycles. The number of halogens is 2. The molecule has 0 spiro atoms. The summed E-state index contributed by atoms with van der Waals surface area (Å²) >= 11 is 5.56. The zero-order chi connectivity index (χ0) is 11.3. The Labute approximate surface area is 94.1 Å². The van der Waals surface area contributed by atoms with Gasteiger partial charge in [-0.15, -0.1) is 0 Å². The predicted molar refractivity (Wildman–Crippen MR) is 59.4 cm³/mol. The van der Waals surface area contributed by atoms with E-state index in [4.69, 9.17) is 16.7 Å². The second kappa shape index (κ2) is 6.05. The lowest BCUT2D eigenvalue weighted by atomic mass is 10.2. The van der Waals surface area contributed by atoms with Crippen LogP contribution in [0.15, 0.2) is 18.2 Å². The van der Waals surface area contributed by atoms with Crippen LogP contribution in [0.5, 0.6) is 0 Å². The zero-order valence-corrected chi connectivity index (χ0v) is 9.39. The third kappa shape index (κ3) is 4.60. The van der Waals surface area contributed by atoms with Crippen LogP contribution in [0.25, 0.3) is 0 Å². The average molecular weight is 232 g/mol. The fraction of sp³-hybridized carbons (Fsp3) is 0.455.